The molecule has 2 N–H and O–H groups in total. The first-order valence-corrected chi connectivity index (χ1v) is 15.0. The summed E-state index contributed by atoms with van der Waals surface area (Å²) in [6.45, 7) is 15.5. The van der Waals surface area contributed by atoms with Gasteiger partial charge < -0.3 is 24.3 Å². The Morgan fingerprint density at radius 2 is 1.97 bits per heavy atom. The van der Waals surface area contributed by atoms with Crippen LogP contribution in [-0.2, 0) is 13.9 Å². The first kappa shape index (κ1) is 26.4. The number of anilines is 1. The molecule has 0 bridgehead atoms. The SMILES string of the molecule is CC1(C)O[C@@H]2[C@@H](CO[Si](C)(C)C(C)(C)C)C[C@@H](Nc3ncncc3C(=O)c3ccn(C(=O)O)n3)[C@@H]2O1. The fourth-order valence-electron chi connectivity index (χ4n) is 4.40. The highest BCUT2D eigenvalue weighted by atomic mass is 28.4. The minimum absolute atomic E-state index is 0.0122. The van der Waals surface area contributed by atoms with E-state index in [0.29, 0.717) is 23.5 Å². The third-order valence-corrected chi connectivity index (χ3v) is 11.8. The second-order valence-electron chi connectivity index (χ2n) is 11.4. The Balaban J connectivity index is 1.54. The molecule has 1 saturated carbocycles. The molecular formula is C24H35N5O6Si. The molecule has 0 aromatic carbocycles. The summed E-state index contributed by atoms with van der Waals surface area (Å²) in [5, 5.41) is 16.4. The van der Waals surface area contributed by atoms with Crippen molar-refractivity contribution in [2.24, 2.45) is 5.92 Å². The molecule has 1 aliphatic carbocycles. The van der Waals surface area contributed by atoms with Crippen LogP contribution in [0.4, 0.5) is 10.6 Å². The van der Waals surface area contributed by atoms with Gasteiger partial charge in [0.05, 0.1) is 17.7 Å². The number of ketones is 1. The van der Waals surface area contributed by atoms with Crippen molar-refractivity contribution in [2.75, 3.05) is 11.9 Å². The summed E-state index contributed by atoms with van der Waals surface area (Å²) >= 11 is 0. The van der Waals surface area contributed by atoms with E-state index in [-0.39, 0.29) is 40.5 Å². The number of ether oxygens (including phenoxy) is 2. The lowest BCUT2D eigenvalue weighted by Gasteiger charge is -2.37. The molecule has 1 saturated heterocycles. The van der Waals surface area contributed by atoms with Crippen LogP contribution in [0.25, 0.3) is 0 Å². The summed E-state index contributed by atoms with van der Waals surface area (Å²) < 4.78 is 19.8. The molecule has 12 heteroatoms. The fourth-order valence-corrected chi connectivity index (χ4v) is 5.46. The largest absolute Gasteiger partial charge is 0.463 e. The minimum Gasteiger partial charge on any atom is -0.463 e. The van der Waals surface area contributed by atoms with E-state index in [2.05, 4.69) is 54.2 Å². The number of nitrogens with zero attached hydrogens (tertiary/aromatic N) is 4. The number of carbonyl (C=O) groups excluding carboxylic acids is 1. The smallest absolute Gasteiger partial charge is 0.432 e. The molecule has 4 atom stereocenters. The fraction of sp³-hybridized carbons (Fsp3) is 0.625. The summed E-state index contributed by atoms with van der Waals surface area (Å²) in [6, 6.07) is 1.17. The molecule has 11 nitrogen and oxygen atoms in total. The molecule has 1 aliphatic heterocycles. The van der Waals surface area contributed by atoms with Crippen LogP contribution in [0.2, 0.25) is 18.1 Å². The van der Waals surface area contributed by atoms with Gasteiger partial charge in [-0.1, -0.05) is 20.8 Å². The van der Waals surface area contributed by atoms with Crippen molar-refractivity contribution in [3.63, 3.8) is 0 Å². The summed E-state index contributed by atoms with van der Waals surface area (Å²) in [7, 11) is -1.95. The van der Waals surface area contributed by atoms with Gasteiger partial charge in [0, 0.05) is 24.9 Å². The standard InChI is InChI=1S/C24H35N5O6Si/c1-23(2,3)36(6,7)33-12-14-10-17(20-19(14)34-24(4,5)35-20)27-21-15(11-25-13-26-21)18(30)16-8-9-29(28-16)22(31)32/h8-9,11,13-14,17,19-20H,10,12H2,1-7H3,(H,31,32)(H,25,26,27)/t14-,17-,19-,20+/m1/s1. The molecule has 2 aliphatic rings. The number of aromatic nitrogens is 4. The van der Waals surface area contributed by atoms with Crippen molar-refractivity contribution in [2.45, 2.75) is 83.2 Å². The molecule has 3 heterocycles. The first-order valence-electron chi connectivity index (χ1n) is 12.1. The van der Waals surface area contributed by atoms with Crippen molar-refractivity contribution in [3.05, 3.63) is 36.0 Å². The van der Waals surface area contributed by atoms with Crippen LogP contribution >= 0.6 is 0 Å². The maximum absolute atomic E-state index is 13.1. The number of carbonyl (C=O) groups is 2. The lowest BCUT2D eigenvalue weighted by molar-refractivity contribution is -0.158. The van der Waals surface area contributed by atoms with Crippen LogP contribution in [0.3, 0.4) is 0 Å². The Morgan fingerprint density at radius 3 is 2.61 bits per heavy atom. The van der Waals surface area contributed by atoms with Gasteiger partial charge in [-0.15, -0.1) is 0 Å². The Bertz CT molecular complexity index is 1140. The van der Waals surface area contributed by atoms with E-state index < -0.39 is 26.0 Å². The Morgan fingerprint density at radius 1 is 1.28 bits per heavy atom. The van der Waals surface area contributed by atoms with Gasteiger partial charge in [0.15, 0.2) is 14.1 Å². The quantitative estimate of drug-likeness (QED) is 0.412. The molecule has 0 unspecified atom stereocenters. The van der Waals surface area contributed by atoms with Crippen molar-refractivity contribution in [1.82, 2.24) is 19.7 Å². The summed E-state index contributed by atoms with van der Waals surface area (Å²) in [5.74, 6) is -0.772. The number of rotatable bonds is 7. The average molecular weight is 518 g/mol. The minimum atomic E-state index is -1.95. The number of nitrogens with one attached hydrogen (secondary N) is 1. The molecule has 4 rings (SSSR count). The zero-order valence-corrected chi connectivity index (χ0v) is 22.8. The second kappa shape index (κ2) is 9.33. The van der Waals surface area contributed by atoms with Crippen molar-refractivity contribution in [3.8, 4) is 0 Å². The van der Waals surface area contributed by atoms with Gasteiger partial charge in [0.1, 0.15) is 23.9 Å². The Labute approximate surface area is 211 Å². The second-order valence-corrected chi connectivity index (χ2v) is 16.2. The maximum atomic E-state index is 13.1. The van der Waals surface area contributed by atoms with E-state index in [4.69, 9.17) is 19.0 Å². The first-order chi connectivity index (χ1) is 16.7. The molecule has 2 aromatic heterocycles. The predicted molar refractivity (Wildman–Crippen MR) is 134 cm³/mol. The third kappa shape index (κ3) is 5.22. The predicted octanol–water partition coefficient (Wildman–Crippen LogP) is 3.77. The Hall–Kier alpha value is -2.67. The van der Waals surface area contributed by atoms with E-state index in [0.717, 1.165) is 0 Å². The van der Waals surface area contributed by atoms with Gasteiger partial charge in [0.25, 0.3) is 0 Å². The van der Waals surface area contributed by atoms with Crippen LogP contribution in [-0.4, -0.2) is 75.7 Å². The average Bonchev–Trinajstić information content (AvgIpc) is 3.46. The highest BCUT2D eigenvalue weighted by molar-refractivity contribution is 6.74. The number of hydrogen-bond donors (Lipinski definition) is 2. The number of carboxylic acid groups (broad SMARTS) is 1. The lowest BCUT2D eigenvalue weighted by Crippen LogP contribution is -2.43. The van der Waals surface area contributed by atoms with Crippen molar-refractivity contribution >= 4 is 26.0 Å². The van der Waals surface area contributed by atoms with E-state index >= 15 is 0 Å². The van der Waals surface area contributed by atoms with Gasteiger partial charge >= 0.3 is 6.09 Å². The maximum Gasteiger partial charge on any atom is 0.432 e. The zero-order valence-electron chi connectivity index (χ0n) is 21.8. The van der Waals surface area contributed by atoms with Crippen LogP contribution in [0.5, 0.6) is 0 Å². The van der Waals surface area contributed by atoms with E-state index in [1.54, 1.807) is 0 Å². The lowest BCUT2D eigenvalue weighted by atomic mass is 10.1. The highest BCUT2D eigenvalue weighted by Crippen LogP contribution is 2.44. The highest BCUT2D eigenvalue weighted by Gasteiger charge is 2.54. The molecule has 0 spiro atoms. The number of hydrogen-bond acceptors (Lipinski definition) is 9. The van der Waals surface area contributed by atoms with Crippen LogP contribution in [0.1, 0.15) is 57.1 Å². The van der Waals surface area contributed by atoms with Crippen molar-refractivity contribution in [1.29, 1.82) is 0 Å². The topological polar surface area (TPSA) is 138 Å². The Kier molecular flexibility index (Phi) is 6.84. The summed E-state index contributed by atoms with van der Waals surface area (Å²) in [5.41, 5.74) is 0.186. The van der Waals surface area contributed by atoms with Gasteiger partial charge in [-0.05, 0) is 44.5 Å². The van der Waals surface area contributed by atoms with E-state index in [1.807, 2.05) is 13.8 Å². The van der Waals surface area contributed by atoms with Crippen LogP contribution < -0.4 is 5.32 Å². The number of fused-ring (bicyclic) bond motifs is 1. The van der Waals surface area contributed by atoms with Crippen LogP contribution in [0, 0.1) is 5.92 Å². The van der Waals surface area contributed by atoms with Gasteiger partial charge in [-0.2, -0.15) is 9.78 Å². The van der Waals surface area contributed by atoms with Crippen molar-refractivity contribution < 1.29 is 28.6 Å². The van der Waals surface area contributed by atoms with Crippen LogP contribution in [0.15, 0.2) is 24.8 Å². The molecule has 0 radical (unpaired) electrons. The third-order valence-electron chi connectivity index (χ3n) is 7.34. The van der Waals surface area contributed by atoms with E-state index in [9.17, 15) is 9.59 Å². The molecule has 196 valence electrons. The van der Waals surface area contributed by atoms with Gasteiger partial charge in [-0.25, -0.2) is 14.8 Å². The van der Waals surface area contributed by atoms with Gasteiger partial charge in [-0.3, -0.25) is 4.79 Å². The van der Waals surface area contributed by atoms with Gasteiger partial charge in [0.2, 0.25) is 5.78 Å². The normalized spacial score (nSPS) is 25.5. The molecular weight excluding hydrogens is 482 g/mol. The monoisotopic (exact) mass is 517 g/mol. The summed E-state index contributed by atoms with van der Waals surface area (Å²) in [4.78, 5) is 32.6. The molecule has 36 heavy (non-hydrogen) atoms. The summed E-state index contributed by atoms with van der Waals surface area (Å²) in [6.07, 6.45) is 3.00. The van der Waals surface area contributed by atoms with E-state index in [1.165, 1.54) is 24.8 Å². The molecule has 2 aromatic rings. The zero-order chi connectivity index (χ0) is 26.5. The molecule has 0 amide bonds. The molecule has 2 fully saturated rings.